The third-order valence-corrected chi connectivity index (χ3v) is 5.44. The number of nitrogens with two attached hydrogens (primary N) is 1. The Balaban J connectivity index is 2.16. The Kier molecular flexibility index (Phi) is 3.58. The lowest BCUT2D eigenvalue weighted by Crippen LogP contribution is -1.88. The van der Waals surface area contributed by atoms with E-state index in [-0.39, 0.29) is 0 Å². The van der Waals surface area contributed by atoms with Crippen molar-refractivity contribution in [3.63, 3.8) is 0 Å². The summed E-state index contributed by atoms with van der Waals surface area (Å²) in [5.74, 6) is 0.490. The third-order valence-electron chi connectivity index (χ3n) is 3.03. The summed E-state index contributed by atoms with van der Waals surface area (Å²) in [7, 11) is 0. The number of benzene rings is 1. The van der Waals surface area contributed by atoms with Gasteiger partial charge in [0.1, 0.15) is 0 Å². The molecule has 20 heavy (non-hydrogen) atoms. The Morgan fingerprint density at radius 3 is 2.60 bits per heavy atom. The first-order valence-electron chi connectivity index (χ1n) is 5.92. The molecule has 0 bridgehead atoms. The highest BCUT2D eigenvalue weighted by Crippen LogP contribution is 2.40. The molecule has 3 rings (SSSR count). The molecule has 0 aliphatic rings. The first kappa shape index (κ1) is 13.7. The molecule has 0 aliphatic carbocycles. The summed E-state index contributed by atoms with van der Waals surface area (Å²) in [4.78, 5) is 1.10. The number of thiophene rings is 1. The van der Waals surface area contributed by atoms with E-state index in [1.807, 2.05) is 24.3 Å². The Morgan fingerprint density at radius 2 is 2.00 bits per heavy atom. The average Bonchev–Trinajstić information content (AvgIpc) is 2.95. The highest BCUT2D eigenvalue weighted by molar-refractivity contribution is 9.11. The van der Waals surface area contributed by atoms with Crippen molar-refractivity contribution >= 4 is 44.7 Å². The third kappa shape index (κ3) is 2.37. The van der Waals surface area contributed by atoms with Gasteiger partial charge in [0, 0.05) is 5.02 Å². The van der Waals surface area contributed by atoms with Crippen molar-refractivity contribution in [2.75, 3.05) is 5.73 Å². The quantitative estimate of drug-likeness (QED) is 0.660. The van der Waals surface area contributed by atoms with Crippen molar-refractivity contribution < 1.29 is 0 Å². The predicted molar refractivity (Wildman–Crippen MR) is 89.2 cm³/mol. The van der Waals surface area contributed by atoms with E-state index in [2.05, 4.69) is 39.1 Å². The zero-order chi connectivity index (χ0) is 14.3. The van der Waals surface area contributed by atoms with E-state index in [0.29, 0.717) is 10.8 Å². The van der Waals surface area contributed by atoms with Gasteiger partial charge in [0.2, 0.25) is 0 Å². The molecule has 0 spiro atoms. The minimum absolute atomic E-state index is 0.490. The molecule has 3 N–H and O–H groups in total. The van der Waals surface area contributed by atoms with Crippen LogP contribution in [0.2, 0.25) is 5.02 Å². The lowest BCUT2D eigenvalue weighted by Gasteiger charge is -2.03. The van der Waals surface area contributed by atoms with Crippen LogP contribution >= 0.6 is 38.9 Å². The van der Waals surface area contributed by atoms with Crippen molar-refractivity contribution in [1.82, 2.24) is 10.2 Å². The summed E-state index contributed by atoms with van der Waals surface area (Å²) in [5, 5.41) is 7.87. The molecule has 3 nitrogen and oxygen atoms in total. The number of nitrogens with zero attached hydrogens (tertiary/aromatic N) is 1. The largest absolute Gasteiger partial charge is 0.382 e. The van der Waals surface area contributed by atoms with Gasteiger partial charge >= 0.3 is 0 Å². The monoisotopic (exact) mass is 367 g/mol. The maximum absolute atomic E-state index is 6.01. The fourth-order valence-electron chi connectivity index (χ4n) is 2.03. The lowest BCUT2D eigenvalue weighted by atomic mass is 10.0. The van der Waals surface area contributed by atoms with E-state index in [4.69, 9.17) is 17.3 Å². The number of nitrogen functional groups attached to an aromatic ring is 1. The first-order valence-corrected chi connectivity index (χ1v) is 7.91. The molecule has 2 aromatic heterocycles. The average molecular weight is 369 g/mol. The van der Waals surface area contributed by atoms with Crippen molar-refractivity contribution in [3.05, 3.63) is 44.7 Å². The van der Waals surface area contributed by atoms with Crippen molar-refractivity contribution in [2.24, 2.45) is 0 Å². The van der Waals surface area contributed by atoms with Gasteiger partial charge < -0.3 is 5.73 Å². The number of rotatable bonds is 2. The standard InChI is InChI=1S/C14H11BrClN3S/c1-7-6-10(20-13(7)15)12-11(14(17)19-18-12)8-2-4-9(16)5-3-8/h2-6H,1H3,(H3,17,18,19). The van der Waals surface area contributed by atoms with Gasteiger partial charge in [-0.05, 0) is 52.2 Å². The molecule has 0 aliphatic heterocycles. The normalized spacial score (nSPS) is 10.9. The molecule has 0 atom stereocenters. The highest BCUT2D eigenvalue weighted by atomic mass is 79.9. The van der Waals surface area contributed by atoms with E-state index in [1.165, 1.54) is 5.56 Å². The summed E-state index contributed by atoms with van der Waals surface area (Å²) in [6.45, 7) is 2.06. The highest BCUT2D eigenvalue weighted by Gasteiger charge is 2.17. The molecule has 102 valence electrons. The van der Waals surface area contributed by atoms with Crippen LogP contribution in [0.4, 0.5) is 5.82 Å². The SMILES string of the molecule is Cc1cc(-c2[nH]nc(N)c2-c2ccc(Cl)cc2)sc1Br. The van der Waals surface area contributed by atoms with Crippen molar-refractivity contribution in [2.45, 2.75) is 6.92 Å². The fourth-order valence-corrected chi connectivity index (χ4v) is 3.69. The lowest BCUT2D eigenvalue weighted by molar-refractivity contribution is 1.11. The molecule has 0 radical (unpaired) electrons. The number of hydrogen-bond acceptors (Lipinski definition) is 3. The van der Waals surface area contributed by atoms with Crippen LogP contribution in [0.1, 0.15) is 5.56 Å². The second kappa shape index (κ2) is 5.24. The number of H-pyrrole nitrogens is 1. The van der Waals surface area contributed by atoms with Gasteiger partial charge in [-0.2, -0.15) is 5.10 Å². The van der Waals surface area contributed by atoms with Gasteiger partial charge in [0.05, 0.1) is 19.9 Å². The Bertz CT molecular complexity index is 742. The van der Waals surface area contributed by atoms with Crippen LogP contribution in [-0.2, 0) is 0 Å². The number of nitrogens with one attached hydrogen (secondary N) is 1. The number of halogens is 2. The minimum Gasteiger partial charge on any atom is -0.382 e. The van der Waals surface area contributed by atoms with E-state index >= 15 is 0 Å². The molecule has 2 heterocycles. The number of aryl methyl sites for hydroxylation is 1. The van der Waals surface area contributed by atoms with E-state index < -0.39 is 0 Å². The number of hydrogen-bond donors (Lipinski definition) is 2. The fraction of sp³-hybridized carbons (Fsp3) is 0.0714. The summed E-state index contributed by atoms with van der Waals surface area (Å²) in [6, 6.07) is 9.71. The second-order valence-corrected chi connectivity index (χ2v) is 7.24. The molecule has 6 heteroatoms. The first-order chi connectivity index (χ1) is 9.56. The van der Waals surface area contributed by atoms with Crippen LogP contribution in [0.5, 0.6) is 0 Å². The molecule has 0 saturated carbocycles. The number of anilines is 1. The topological polar surface area (TPSA) is 54.7 Å². The summed E-state index contributed by atoms with van der Waals surface area (Å²) in [5.41, 5.74) is 10.1. The summed E-state index contributed by atoms with van der Waals surface area (Å²) >= 11 is 11.1. The Labute approximate surface area is 133 Å². The van der Waals surface area contributed by atoms with Crippen LogP contribution in [-0.4, -0.2) is 10.2 Å². The summed E-state index contributed by atoms with van der Waals surface area (Å²) in [6.07, 6.45) is 0. The van der Waals surface area contributed by atoms with Crippen molar-refractivity contribution in [1.29, 1.82) is 0 Å². The maximum atomic E-state index is 6.01. The van der Waals surface area contributed by atoms with Crippen LogP contribution < -0.4 is 5.73 Å². The van der Waals surface area contributed by atoms with Crippen LogP contribution in [0.25, 0.3) is 21.7 Å². The second-order valence-electron chi connectivity index (χ2n) is 4.43. The van der Waals surface area contributed by atoms with E-state index in [0.717, 1.165) is 25.5 Å². The smallest absolute Gasteiger partial charge is 0.153 e. The van der Waals surface area contributed by atoms with Gasteiger partial charge in [-0.3, -0.25) is 5.10 Å². The molecule has 0 fully saturated rings. The van der Waals surface area contributed by atoms with Crippen LogP contribution in [0.15, 0.2) is 34.1 Å². The van der Waals surface area contributed by atoms with Gasteiger partial charge in [-0.15, -0.1) is 11.3 Å². The number of aromatic nitrogens is 2. The van der Waals surface area contributed by atoms with Crippen molar-refractivity contribution in [3.8, 4) is 21.7 Å². The molecule has 0 saturated heterocycles. The maximum Gasteiger partial charge on any atom is 0.153 e. The Hall–Kier alpha value is -1.30. The minimum atomic E-state index is 0.490. The molecular formula is C14H11BrClN3S. The van der Waals surface area contributed by atoms with Crippen LogP contribution in [0.3, 0.4) is 0 Å². The Morgan fingerprint density at radius 1 is 1.30 bits per heavy atom. The van der Waals surface area contributed by atoms with Gasteiger partial charge in [-0.1, -0.05) is 23.7 Å². The zero-order valence-corrected chi connectivity index (χ0v) is 13.7. The number of aromatic amines is 1. The molecular weight excluding hydrogens is 358 g/mol. The van der Waals surface area contributed by atoms with Gasteiger partial charge in [-0.25, -0.2) is 0 Å². The van der Waals surface area contributed by atoms with E-state index in [9.17, 15) is 0 Å². The molecule has 3 aromatic rings. The van der Waals surface area contributed by atoms with Gasteiger partial charge in [0.25, 0.3) is 0 Å². The van der Waals surface area contributed by atoms with Crippen LogP contribution in [0, 0.1) is 6.92 Å². The predicted octanol–water partition coefficient (Wildman–Crippen LogP) is 5.11. The van der Waals surface area contributed by atoms with Gasteiger partial charge in [0.15, 0.2) is 5.82 Å². The molecule has 0 unspecified atom stereocenters. The van der Waals surface area contributed by atoms with E-state index in [1.54, 1.807) is 11.3 Å². The molecule has 0 amide bonds. The summed E-state index contributed by atoms with van der Waals surface area (Å²) < 4.78 is 1.11. The zero-order valence-electron chi connectivity index (χ0n) is 10.6. The molecule has 1 aromatic carbocycles.